The number of hydrogen-bond acceptors (Lipinski definition) is 3. The van der Waals surface area contributed by atoms with Crippen molar-refractivity contribution in [3.05, 3.63) is 24.3 Å². The average Bonchev–Trinajstić information content (AvgIpc) is 2.97. The fraction of sp³-hybridized carbons (Fsp3) is 0.857. The minimum Gasteiger partial charge on any atom is -0.413 e. The van der Waals surface area contributed by atoms with Crippen molar-refractivity contribution in [2.75, 3.05) is 0 Å². The minimum atomic E-state index is -1.80. The molecular weight excluding hydrogens is 412 g/mol. The maximum Gasteiger partial charge on any atom is 0.192 e. The predicted octanol–water partition coefficient (Wildman–Crippen LogP) is 6.62. The van der Waals surface area contributed by atoms with Crippen LogP contribution in [0.3, 0.4) is 0 Å². The normalized spacial score (nSPS) is 49.0. The summed E-state index contributed by atoms with van der Waals surface area (Å²) in [6.45, 7) is 22.4. The van der Waals surface area contributed by atoms with Crippen LogP contribution < -0.4 is 0 Å². The van der Waals surface area contributed by atoms with Crippen molar-refractivity contribution in [3.63, 3.8) is 0 Å². The van der Waals surface area contributed by atoms with Crippen molar-refractivity contribution < 1.29 is 14.6 Å². The number of hydrogen-bond donors (Lipinski definition) is 2. The first-order valence-corrected chi connectivity index (χ1v) is 15.9. The topological polar surface area (TPSA) is 49.7 Å². The second kappa shape index (κ2) is 7.29. The van der Waals surface area contributed by atoms with E-state index in [0.717, 1.165) is 6.42 Å². The molecule has 182 valence electrons. The van der Waals surface area contributed by atoms with Gasteiger partial charge in [-0.3, -0.25) is 0 Å². The lowest BCUT2D eigenvalue weighted by Gasteiger charge is -2.61. The highest BCUT2D eigenvalue weighted by molar-refractivity contribution is 6.74. The Morgan fingerprint density at radius 1 is 1.06 bits per heavy atom. The van der Waals surface area contributed by atoms with E-state index in [2.05, 4.69) is 54.3 Å². The first kappa shape index (κ1) is 24.7. The average molecular weight is 461 g/mol. The van der Waals surface area contributed by atoms with Gasteiger partial charge in [-0.2, -0.15) is 0 Å². The zero-order chi connectivity index (χ0) is 24.0. The van der Waals surface area contributed by atoms with Crippen molar-refractivity contribution in [2.45, 2.75) is 122 Å². The summed E-state index contributed by atoms with van der Waals surface area (Å²) < 4.78 is 7.07. The molecule has 2 N–H and O–H groups in total. The maximum atomic E-state index is 11.3. The van der Waals surface area contributed by atoms with Gasteiger partial charge in [-0.1, -0.05) is 52.8 Å². The third kappa shape index (κ3) is 3.38. The molecular formula is C28H48O3Si. The molecule has 4 aliphatic rings. The van der Waals surface area contributed by atoms with Crippen molar-refractivity contribution in [2.24, 2.45) is 28.6 Å². The molecule has 0 aliphatic heterocycles. The Balaban J connectivity index is 1.62. The summed E-state index contributed by atoms with van der Waals surface area (Å²) in [6.07, 6.45) is 11.6. The highest BCUT2D eigenvalue weighted by Crippen LogP contribution is 2.67. The van der Waals surface area contributed by atoms with E-state index >= 15 is 0 Å². The molecule has 0 saturated heterocycles. The van der Waals surface area contributed by atoms with Gasteiger partial charge >= 0.3 is 0 Å². The number of allylic oxidation sites excluding steroid dienone is 1. The summed E-state index contributed by atoms with van der Waals surface area (Å²) in [5.41, 5.74) is -0.926. The smallest absolute Gasteiger partial charge is 0.192 e. The van der Waals surface area contributed by atoms with Gasteiger partial charge in [0.2, 0.25) is 0 Å². The molecule has 0 aromatic carbocycles. The Labute approximate surface area is 197 Å². The molecule has 0 amide bonds. The summed E-state index contributed by atoms with van der Waals surface area (Å²) in [6, 6.07) is 0. The van der Waals surface area contributed by atoms with Crippen LogP contribution in [-0.4, -0.2) is 35.8 Å². The molecule has 0 heterocycles. The molecule has 4 heteroatoms. The Kier molecular flexibility index (Phi) is 5.62. The van der Waals surface area contributed by atoms with Crippen molar-refractivity contribution in [3.8, 4) is 0 Å². The summed E-state index contributed by atoms with van der Waals surface area (Å²) in [7, 11) is -1.80. The molecule has 0 aromatic rings. The molecule has 3 fully saturated rings. The molecule has 4 aliphatic carbocycles. The van der Waals surface area contributed by atoms with Gasteiger partial charge in [0.05, 0.1) is 11.7 Å². The van der Waals surface area contributed by atoms with Crippen LogP contribution in [0.5, 0.6) is 0 Å². The van der Waals surface area contributed by atoms with Crippen LogP contribution in [0.1, 0.15) is 86.5 Å². The SMILES string of the molecule is C=CC1(O)C=C2CC[C@H]3[C@@H]4CC[C@H](O[Si](C)(C)C(C)(C)C)[C@@]4(C)CC[C@@H]3[C@@]2(C)CC1(C)O. The summed E-state index contributed by atoms with van der Waals surface area (Å²) in [5, 5.41) is 22.6. The van der Waals surface area contributed by atoms with E-state index in [0.29, 0.717) is 30.3 Å². The summed E-state index contributed by atoms with van der Waals surface area (Å²) in [4.78, 5) is 0. The summed E-state index contributed by atoms with van der Waals surface area (Å²) >= 11 is 0. The first-order chi connectivity index (χ1) is 14.5. The molecule has 32 heavy (non-hydrogen) atoms. The van der Waals surface area contributed by atoms with Gasteiger partial charge in [0, 0.05) is 0 Å². The Hall–Kier alpha value is -0.423. The van der Waals surface area contributed by atoms with E-state index in [1.54, 1.807) is 6.92 Å². The quantitative estimate of drug-likeness (QED) is 0.368. The molecule has 4 rings (SSSR count). The second-order valence-electron chi connectivity index (χ2n) is 14.0. The van der Waals surface area contributed by atoms with Gasteiger partial charge < -0.3 is 14.6 Å². The minimum absolute atomic E-state index is 0.0403. The van der Waals surface area contributed by atoms with Crippen molar-refractivity contribution >= 4 is 8.32 Å². The third-order valence-electron chi connectivity index (χ3n) is 11.2. The monoisotopic (exact) mass is 460 g/mol. The molecule has 8 atom stereocenters. The third-order valence-corrected chi connectivity index (χ3v) is 15.7. The van der Waals surface area contributed by atoms with Crippen LogP contribution in [0.25, 0.3) is 0 Å². The molecule has 3 saturated carbocycles. The summed E-state index contributed by atoms with van der Waals surface area (Å²) in [5.74, 6) is 1.97. The lowest BCUT2D eigenvalue weighted by Crippen LogP contribution is -2.60. The molecule has 3 nitrogen and oxygen atoms in total. The molecule has 0 bridgehead atoms. The Morgan fingerprint density at radius 2 is 1.72 bits per heavy atom. The van der Waals surface area contributed by atoms with Crippen LogP contribution in [0.15, 0.2) is 24.3 Å². The Bertz CT molecular complexity index is 808. The van der Waals surface area contributed by atoms with Crippen LogP contribution in [0, 0.1) is 28.6 Å². The van der Waals surface area contributed by atoms with Crippen LogP contribution in [-0.2, 0) is 4.43 Å². The molecule has 0 spiro atoms. The highest BCUT2D eigenvalue weighted by Gasteiger charge is 2.63. The Morgan fingerprint density at radius 3 is 2.31 bits per heavy atom. The highest BCUT2D eigenvalue weighted by atomic mass is 28.4. The van der Waals surface area contributed by atoms with Gasteiger partial charge in [-0.15, -0.1) is 0 Å². The second-order valence-corrected chi connectivity index (χ2v) is 18.7. The zero-order valence-electron chi connectivity index (χ0n) is 21.9. The largest absolute Gasteiger partial charge is 0.413 e. The predicted molar refractivity (Wildman–Crippen MR) is 135 cm³/mol. The lowest BCUT2D eigenvalue weighted by molar-refractivity contribution is -0.144. The standard InChI is InChI=1S/C28H48O3Si/c1-10-28(30)17-19-11-12-20-21-13-14-23(31-32(8,9)24(2,3)4)25(21,5)16-15-22(20)26(19,6)18-27(28,7)29/h10,17,20-23,29-30H,1,11-16,18H2,2-9H3/t20-,21-,22-,23-,25-,26-,27?,28?/m0/s1. The zero-order valence-corrected chi connectivity index (χ0v) is 22.9. The van der Waals surface area contributed by atoms with Crippen LogP contribution in [0.2, 0.25) is 18.1 Å². The molecule has 0 radical (unpaired) electrons. The van der Waals surface area contributed by atoms with E-state index in [1.165, 1.54) is 43.8 Å². The molecule has 2 unspecified atom stereocenters. The van der Waals surface area contributed by atoms with E-state index in [4.69, 9.17) is 4.43 Å². The molecule has 0 aromatic heterocycles. The van der Waals surface area contributed by atoms with Crippen molar-refractivity contribution in [1.82, 2.24) is 0 Å². The van der Waals surface area contributed by atoms with E-state index in [-0.39, 0.29) is 15.9 Å². The first-order valence-electron chi connectivity index (χ1n) is 13.0. The number of aliphatic hydroxyl groups is 2. The van der Waals surface area contributed by atoms with Crippen LogP contribution >= 0.6 is 0 Å². The maximum absolute atomic E-state index is 11.3. The van der Waals surface area contributed by atoms with Crippen molar-refractivity contribution in [1.29, 1.82) is 0 Å². The van der Waals surface area contributed by atoms with Gasteiger partial charge in [0.15, 0.2) is 8.32 Å². The number of rotatable bonds is 3. The van der Waals surface area contributed by atoms with E-state index in [1.807, 2.05) is 6.08 Å². The van der Waals surface area contributed by atoms with Crippen LogP contribution in [0.4, 0.5) is 0 Å². The fourth-order valence-corrected chi connectivity index (χ4v) is 9.50. The van der Waals surface area contributed by atoms with Gasteiger partial charge in [0.25, 0.3) is 0 Å². The van der Waals surface area contributed by atoms with E-state index in [9.17, 15) is 10.2 Å². The fourth-order valence-electron chi connectivity index (χ4n) is 8.04. The van der Waals surface area contributed by atoms with Gasteiger partial charge in [0.1, 0.15) is 5.60 Å². The van der Waals surface area contributed by atoms with Gasteiger partial charge in [-0.05, 0) is 105 Å². The van der Waals surface area contributed by atoms with Gasteiger partial charge in [-0.25, -0.2) is 0 Å². The van der Waals surface area contributed by atoms with E-state index < -0.39 is 19.5 Å². The lowest BCUT2D eigenvalue weighted by atomic mass is 9.45. The number of fused-ring (bicyclic) bond motifs is 5.